The molecule has 0 fully saturated rings. The maximum atomic E-state index is 13.8. The Kier molecular flexibility index (Phi) is 4.42. The van der Waals surface area contributed by atoms with Gasteiger partial charge in [0.05, 0.1) is 11.4 Å². The molecule has 0 spiro atoms. The Morgan fingerprint density at radius 2 is 2.00 bits per heavy atom. The first-order chi connectivity index (χ1) is 9.94. The quantitative estimate of drug-likeness (QED) is 0.891. The first kappa shape index (κ1) is 15.2. The van der Waals surface area contributed by atoms with Crippen molar-refractivity contribution in [1.29, 1.82) is 0 Å². The van der Waals surface area contributed by atoms with E-state index in [1.54, 1.807) is 19.1 Å². The molecule has 1 aromatic carbocycles. The van der Waals surface area contributed by atoms with Crippen molar-refractivity contribution in [2.45, 2.75) is 18.7 Å². The van der Waals surface area contributed by atoms with Gasteiger partial charge < -0.3 is 5.32 Å². The summed E-state index contributed by atoms with van der Waals surface area (Å²) in [6.07, 6.45) is 2.72. The second-order valence-electron chi connectivity index (χ2n) is 4.49. The summed E-state index contributed by atoms with van der Waals surface area (Å²) in [5.41, 5.74) is 1.05. The molecule has 0 amide bonds. The summed E-state index contributed by atoms with van der Waals surface area (Å²) >= 11 is 0. The second-order valence-corrected chi connectivity index (χ2v) is 6.14. The highest BCUT2D eigenvalue weighted by Gasteiger charge is 2.20. The van der Waals surface area contributed by atoms with Gasteiger partial charge in [0.15, 0.2) is 0 Å². The van der Waals surface area contributed by atoms with Gasteiger partial charge in [-0.25, -0.2) is 12.8 Å². The standard InChI is InChI=1S/C14H16FN3O2S/c1-3-17-13-6-7-16-9-14(13)21(19,20)18-12-5-4-10(2)8-11(12)15/h4-9,18H,3H2,1-2H3,(H,16,17). The summed E-state index contributed by atoms with van der Waals surface area (Å²) < 4.78 is 40.8. The second kappa shape index (κ2) is 6.09. The molecule has 7 heteroatoms. The van der Waals surface area contributed by atoms with Crippen molar-refractivity contribution in [3.63, 3.8) is 0 Å². The van der Waals surface area contributed by atoms with Gasteiger partial charge in [0.1, 0.15) is 10.7 Å². The number of halogens is 1. The molecule has 2 rings (SSSR count). The first-order valence-electron chi connectivity index (χ1n) is 6.41. The summed E-state index contributed by atoms with van der Waals surface area (Å²) in [6, 6.07) is 5.86. The lowest BCUT2D eigenvalue weighted by Gasteiger charge is -2.13. The predicted octanol–water partition coefficient (Wildman–Crippen LogP) is 2.76. The maximum absolute atomic E-state index is 13.8. The Balaban J connectivity index is 2.39. The van der Waals surface area contributed by atoms with Crippen LogP contribution in [0.1, 0.15) is 12.5 Å². The lowest BCUT2D eigenvalue weighted by Crippen LogP contribution is -2.16. The van der Waals surface area contributed by atoms with Crippen LogP contribution in [-0.2, 0) is 10.0 Å². The fraction of sp³-hybridized carbons (Fsp3) is 0.214. The first-order valence-corrected chi connectivity index (χ1v) is 7.89. The minimum absolute atomic E-state index is 0.0215. The molecule has 0 saturated carbocycles. The van der Waals surface area contributed by atoms with Crippen molar-refractivity contribution < 1.29 is 12.8 Å². The van der Waals surface area contributed by atoms with Crippen molar-refractivity contribution in [1.82, 2.24) is 4.98 Å². The SMILES string of the molecule is CCNc1ccncc1S(=O)(=O)Nc1ccc(C)cc1F. The molecular weight excluding hydrogens is 293 g/mol. The van der Waals surface area contributed by atoms with Crippen LogP contribution in [0.4, 0.5) is 15.8 Å². The topological polar surface area (TPSA) is 71.1 Å². The lowest BCUT2D eigenvalue weighted by molar-refractivity contribution is 0.598. The van der Waals surface area contributed by atoms with Gasteiger partial charge in [-0.05, 0) is 37.6 Å². The van der Waals surface area contributed by atoms with Gasteiger partial charge in [0, 0.05) is 18.9 Å². The highest BCUT2D eigenvalue weighted by atomic mass is 32.2. The van der Waals surface area contributed by atoms with E-state index in [4.69, 9.17) is 0 Å². The van der Waals surface area contributed by atoms with Crippen LogP contribution >= 0.6 is 0 Å². The Labute approximate surface area is 123 Å². The lowest BCUT2D eigenvalue weighted by atomic mass is 10.2. The van der Waals surface area contributed by atoms with Gasteiger partial charge >= 0.3 is 0 Å². The van der Waals surface area contributed by atoms with E-state index in [0.29, 0.717) is 17.8 Å². The Hall–Kier alpha value is -2.15. The molecule has 21 heavy (non-hydrogen) atoms. The number of nitrogens with zero attached hydrogens (tertiary/aromatic N) is 1. The number of rotatable bonds is 5. The number of hydrogen-bond donors (Lipinski definition) is 2. The molecule has 2 aromatic rings. The van der Waals surface area contributed by atoms with E-state index in [9.17, 15) is 12.8 Å². The normalized spacial score (nSPS) is 11.2. The number of benzene rings is 1. The maximum Gasteiger partial charge on any atom is 0.265 e. The number of sulfonamides is 1. The smallest absolute Gasteiger partial charge is 0.265 e. The van der Waals surface area contributed by atoms with Crippen molar-refractivity contribution in [2.75, 3.05) is 16.6 Å². The van der Waals surface area contributed by atoms with Crippen LogP contribution in [0.25, 0.3) is 0 Å². The van der Waals surface area contributed by atoms with Crippen LogP contribution in [0.3, 0.4) is 0 Å². The zero-order chi connectivity index (χ0) is 15.5. The molecule has 5 nitrogen and oxygen atoms in total. The zero-order valence-corrected chi connectivity index (χ0v) is 12.5. The summed E-state index contributed by atoms with van der Waals surface area (Å²) in [4.78, 5) is 3.80. The van der Waals surface area contributed by atoms with Crippen molar-refractivity contribution >= 4 is 21.4 Å². The largest absolute Gasteiger partial charge is 0.384 e. The van der Waals surface area contributed by atoms with Gasteiger partial charge in [-0.15, -0.1) is 0 Å². The third-order valence-electron chi connectivity index (χ3n) is 2.81. The number of aromatic nitrogens is 1. The molecule has 0 saturated heterocycles. The number of pyridine rings is 1. The van der Waals surface area contributed by atoms with E-state index in [-0.39, 0.29) is 10.6 Å². The van der Waals surface area contributed by atoms with E-state index < -0.39 is 15.8 Å². The third kappa shape index (κ3) is 3.49. The highest BCUT2D eigenvalue weighted by molar-refractivity contribution is 7.92. The third-order valence-corrected chi connectivity index (χ3v) is 4.20. The molecule has 2 N–H and O–H groups in total. The monoisotopic (exact) mass is 309 g/mol. The molecule has 0 bridgehead atoms. The van der Waals surface area contributed by atoms with E-state index >= 15 is 0 Å². The van der Waals surface area contributed by atoms with Crippen LogP contribution < -0.4 is 10.0 Å². The van der Waals surface area contributed by atoms with Crippen LogP contribution in [0, 0.1) is 12.7 Å². The molecular formula is C14H16FN3O2S. The van der Waals surface area contributed by atoms with Gasteiger partial charge in [0.2, 0.25) is 0 Å². The predicted molar refractivity (Wildman–Crippen MR) is 80.3 cm³/mol. The molecule has 0 atom stereocenters. The van der Waals surface area contributed by atoms with E-state index in [1.807, 2.05) is 6.92 Å². The van der Waals surface area contributed by atoms with E-state index in [1.165, 1.54) is 24.5 Å². The van der Waals surface area contributed by atoms with Gasteiger partial charge in [-0.1, -0.05) is 6.07 Å². The minimum atomic E-state index is -3.92. The van der Waals surface area contributed by atoms with Gasteiger partial charge in [-0.2, -0.15) is 0 Å². The number of aryl methyl sites for hydroxylation is 1. The summed E-state index contributed by atoms with van der Waals surface area (Å²) in [5, 5.41) is 2.94. The Bertz CT molecular complexity index is 748. The summed E-state index contributed by atoms with van der Waals surface area (Å²) in [6.45, 7) is 4.14. The van der Waals surface area contributed by atoms with Crippen LogP contribution in [0.5, 0.6) is 0 Å². The highest BCUT2D eigenvalue weighted by Crippen LogP contribution is 2.24. The van der Waals surface area contributed by atoms with Crippen molar-refractivity contribution in [3.8, 4) is 0 Å². The van der Waals surface area contributed by atoms with Crippen molar-refractivity contribution in [3.05, 3.63) is 48.0 Å². The molecule has 112 valence electrons. The molecule has 0 unspecified atom stereocenters. The Morgan fingerprint density at radius 1 is 1.24 bits per heavy atom. The number of nitrogens with one attached hydrogen (secondary N) is 2. The van der Waals surface area contributed by atoms with Crippen LogP contribution in [-0.4, -0.2) is 19.9 Å². The molecule has 0 aliphatic carbocycles. The molecule has 1 heterocycles. The van der Waals surface area contributed by atoms with Crippen molar-refractivity contribution in [2.24, 2.45) is 0 Å². The van der Waals surface area contributed by atoms with E-state index in [0.717, 1.165) is 0 Å². The fourth-order valence-corrected chi connectivity index (χ4v) is 3.03. The average molecular weight is 309 g/mol. The molecule has 0 radical (unpaired) electrons. The minimum Gasteiger partial charge on any atom is -0.384 e. The zero-order valence-electron chi connectivity index (χ0n) is 11.7. The van der Waals surface area contributed by atoms with E-state index in [2.05, 4.69) is 15.0 Å². The van der Waals surface area contributed by atoms with Gasteiger partial charge in [-0.3, -0.25) is 9.71 Å². The van der Waals surface area contributed by atoms with Gasteiger partial charge in [0.25, 0.3) is 10.0 Å². The average Bonchev–Trinajstić information content (AvgIpc) is 2.43. The Morgan fingerprint density at radius 3 is 2.67 bits per heavy atom. The van der Waals surface area contributed by atoms with Crippen LogP contribution in [0.2, 0.25) is 0 Å². The number of hydrogen-bond acceptors (Lipinski definition) is 4. The molecule has 0 aliphatic heterocycles. The number of anilines is 2. The molecule has 0 aliphatic rings. The summed E-state index contributed by atoms with van der Waals surface area (Å²) in [7, 11) is -3.92. The summed E-state index contributed by atoms with van der Waals surface area (Å²) in [5.74, 6) is -0.618. The fourth-order valence-electron chi connectivity index (χ4n) is 1.83. The molecule has 1 aromatic heterocycles. The van der Waals surface area contributed by atoms with Crippen LogP contribution in [0.15, 0.2) is 41.6 Å².